The number of halogens is 2. The monoisotopic (exact) mass is 599 g/mol. The van der Waals surface area contributed by atoms with Crippen molar-refractivity contribution < 1.29 is 55.5 Å². The van der Waals surface area contributed by atoms with Gasteiger partial charge in [0.25, 0.3) is 0 Å². The van der Waals surface area contributed by atoms with Gasteiger partial charge in [-0.1, -0.05) is 64.2 Å². The van der Waals surface area contributed by atoms with Crippen LogP contribution in [0.1, 0.15) is 36.7 Å². The van der Waals surface area contributed by atoms with E-state index in [1.807, 2.05) is 32.9 Å². The molecule has 0 aromatic heterocycles. The molecule has 0 bridgehead atoms. The Morgan fingerprint density at radius 1 is 0.929 bits per heavy atom. The number of hydrogen-bond donors (Lipinski definition) is 0. The summed E-state index contributed by atoms with van der Waals surface area (Å²) in [4.78, 5) is 11.0. The number of hydrogen-bond acceptors (Lipinski definition) is 1. The van der Waals surface area contributed by atoms with Crippen molar-refractivity contribution in [2.45, 2.75) is 39.3 Å². The van der Waals surface area contributed by atoms with E-state index < -0.39 is 5.91 Å². The van der Waals surface area contributed by atoms with Gasteiger partial charge in [0.1, 0.15) is 0 Å². The molecular weight excluding hydrogens is 572 g/mol. The summed E-state index contributed by atoms with van der Waals surface area (Å²) in [5.74, 6) is -0.606. The molecule has 0 atom stereocenters. The molecule has 1 amide bonds. The van der Waals surface area contributed by atoms with E-state index in [0.717, 1.165) is 15.1 Å². The van der Waals surface area contributed by atoms with Gasteiger partial charge in [0.15, 0.2) is 0 Å². The molecule has 0 spiro atoms. The molecule has 2 radical (unpaired) electrons. The minimum Gasteiger partial charge on any atom is -1.00 e. The zero-order valence-corrected chi connectivity index (χ0v) is 23.1. The standard InChI is InChI=1S/C11H15NO.C9H7.C2H6Si.2ClH.Hf/c1-11(2,3)9-7-5-4-6-8(9)10(12)13;1-2-5-9-7-3-6-8(9)4-1;1-3-2;;;/h4-7H,1-3H3,(H2,12,13);1-7H;1-2H3;2*1H;/q;-1;;;;+4/p-3. The first-order valence-corrected chi connectivity index (χ1v) is 10.4. The molecule has 2 nitrogen and oxygen atoms in total. The van der Waals surface area contributed by atoms with Crippen LogP contribution in [0.4, 0.5) is 0 Å². The quantitative estimate of drug-likeness (QED) is 0.298. The maximum atomic E-state index is 11.0. The number of rotatable bonds is 1. The van der Waals surface area contributed by atoms with Crippen LogP contribution in [0.5, 0.6) is 0 Å². The van der Waals surface area contributed by atoms with Crippen molar-refractivity contribution >= 4 is 26.2 Å². The zero-order valence-electron chi connectivity index (χ0n) is 17.0. The Hall–Kier alpha value is -0.813. The van der Waals surface area contributed by atoms with Crippen molar-refractivity contribution in [1.29, 1.82) is 0 Å². The SMILES string of the molecule is CC(C)(C)c1ccccc1C([NH-])=O.C[Si]C.[Cl-].[Cl-].[Hf+4].c1ccc2[cH-]ccc2c1. The summed E-state index contributed by atoms with van der Waals surface area (Å²) in [7, 11) is 1.08. The van der Waals surface area contributed by atoms with Gasteiger partial charge in [-0.3, -0.25) is 0 Å². The predicted molar refractivity (Wildman–Crippen MR) is 111 cm³/mol. The fourth-order valence-electron chi connectivity index (χ4n) is 2.41. The minimum atomic E-state index is -0.606. The van der Waals surface area contributed by atoms with Crippen LogP contribution in [-0.2, 0) is 31.3 Å². The summed E-state index contributed by atoms with van der Waals surface area (Å²) >= 11 is 0. The fourth-order valence-corrected chi connectivity index (χ4v) is 2.41. The topological polar surface area (TPSA) is 40.9 Å². The maximum Gasteiger partial charge on any atom is 4.00 e. The number of carbonyl (C=O) groups is 1. The largest absolute Gasteiger partial charge is 4.00 e. The summed E-state index contributed by atoms with van der Waals surface area (Å²) in [6, 6.07) is 22.0. The fraction of sp³-hybridized carbons (Fsp3) is 0.273. The molecule has 0 aliphatic rings. The molecule has 0 saturated carbocycles. The van der Waals surface area contributed by atoms with Gasteiger partial charge >= 0.3 is 25.8 Å². The molecule has 0 aliphatic carbocycles. The molecule has 28 heavy (non-hydrogen) atoms. The van der Waals surface area contributed by atoms with Crippen LogP contribution in [0.3, 0.4) is 0 Å². The first kappa shape index (κ1) is 31.9. The van der Waals surface area contributed by atoms with Gasteiger partial charge in [-0.05, 0) is 11.0 Å². The molecule has 3 aromatic rings. The molecule has 0 aliphatic heterocycles. The van der Waals surface area contributed by atoms with E-state index in [9.17, 15) is 4.79 Å². The molecule has 3 rings (SSSR count). The van der Waals surface area contributed by atoms with Crippen LogP contribution in [-0.4, -0.2) is 15.4 Å². The van der Waals surface area contributed by atoms with Crippen molar-refractivity contribution in [1.82, 2.24) is 0 Å². The first-order valence-electron chi connectivity index (χ1n) is 8.35. The van der Waals surface area contributed by atoms with E-state index in [0.29, 0.717) is 5.56 Å². The van der Waals surface area contributed by atoms with Crippen molar-refractivity contribution in [3.05, 3.63) is 83.6 Å². The smallest absolute Gasteiger partial charge is 1.00 e. The molecule has 3 aromatic carbocycles. The Bertz CT molecular complexity index is 770. The number of amides is 1. The summed E-state index contributed by atoms with van der Waals surface area (Å²) < 4.78 is 0. The minimum absolute atomic E-state index is 0. The van der Waals surface area contributed by atoms with E-state index in [1.165, 1.54) is 10.8 Å². The third-order valence-electron chi connectivity index (χ3n) is 3.53. The van der Waals surface area contributed by atoms with Crippen LogP contribution in [0.2, 0.25) is 13.1 Å². The van der Waals surface area contributed by atoms with E-state index in [2.05, 4.69) is 55.6 Å². The number of benzene rings is 2. The van der Waals surface area contributed by atoms with Gasteiger partial charge in [0.2, 0.25) is 0 Å². The Kier molecular flexibility index (Phi) is 18.3. The second kappa shape index (κ2) is 16.0. The van der Waals surface area contributed by atoms with Gasteiger partial charge in [-0.25, -0.2) is 0 Å². The number of nitrogens with one attached hydrogen (secondary N) is 1. The molecule has 6 heteroatoms. The van der Waals surface area contributed by atoms with Crippen molar-refractivity contribution in [3.8, 4) is 0 Å². The van der Waals surface area contributed by atoms with Gasteiger partial charge < -0.3 is 35.3 Å². The summed E-state index contributed by atoms with van der Waals surface area (Å²) in [5, 5.41) is 2.66. The van der Waals surface area contributed by atoms with Crippen LogP contribution in [0, 0.1) is 0 Å². The maximum absolute atomic E-state index is 11.0. The molecule has 1 N–H and O–H groups in total. The Balaban J connectivity index is -0.000000368. The van der Waals surface area contributed by atoms with Crippen LogP contribution in [0.15, 0.2) is 66.7 Å². The van der Waals surface area contributed by atoms with Crippen molar-refractivity contribution in [2.24, 2.45) is 0 Å². The van der Waals surface area contributed by atoms with Gasteiger partial charge in [0, 0.05) is 15.1 Å². The number of carbonyl (C=O) groups excluding carboxylic acids is 1. The average molecular weight is 599 g/mol. The van der Waals surface area contributed by atoms with Gasteiger partial charge in [0.05, 0.1) is 5.91 Å². The average Bonchev–Trinajstić information content (AvgIpc) is 3.04. The zero-order chi connectivity index (χ0) is 18.9. The normalized spacial score (nSPS) is 9.18. The van der Waals surface area contributed by atoms with Gasteiger partial charge in [-0.2, -0.15) is 17.5 Å². The predicted octanol–water partition coefficient (Wildman–Crippen LogP) is 0.528. The third kappa shape index (κ3) is 10.7. The Morgan fingerprint density at radius 3 is 1.89 bits per heavy atom. The second-order valence-electron chi connectivity index (χ2n) is 6.78. The Morgan fingerprint density at radius 2 is 1.43 bits per heavy atom. The summed E-state index contributed by atoms with van der Waals surface area (Å²) in [5.41, 5.74) is 8.47. The molecule has 0 unspecified atom stereocenters. The summed E-state index contributed by atoms with van der Waals surface area (Å²) in [6.07, 6.45) is 0. The van der Waals surface area contributed by atoms with E-state index in [4.69, 9.17) is 5.73 Å². The third-order valence-corrected chi connectivity index (χ3v) is 3.53. The molecule has 0 fully saturated rings. The van der Waals surface area contributed by atoms with Crippen molar-refractivity contribution in [3.63, 3.8) is 0 Å². The van der Waals surface area contributed by atoms with Crippen molar-refractivity contribution in [2.75, 3.05) is 0 Å². The molecule has 148 valence electrons. The van der Waals surface area contributed by atoms with Crippen LogP contribution >= 0.6 is 0 Å². The van der Waals surface area contributed by atoms with E-state index in [1.54, 1.807) is 12.1 Å². The molecule has 0 heterocycles. The van der Waals surface area contributed by atoms with Crippen LogP contribution < -0.4 is 24.8 Å². The van der Waals surface area contributed by atoms with E-state index >= 15 is 0 Å². The second-order valence-corrected chi connectivity index (χ2v) is 7.78. The van der Waals surface area contributed by atoms with Crippen LogP contribution in [0.25, 0.3) is 16.5 Å². The first-order chi connectivity index (χ1) is 11.8. The summed E-state index contributed by atoms with van der Waals surface area (Å²) in [6.45, 7) is 10.4. The van der Waals surface area contributed by atoms with Gasteiger partial charge in [-0.15, -0.1) is 29.7 Å². The molecule has 0 saturated heterocycles. The Labute approximate surface area is 203 Å². The molecular formula is C22H27Cl2HfNOSi. The number of fused-ring (bicyclic) bond motifs is 1. The van der Waals surface area contributed by atoms with E-state index in [-0.39, 0.29) is 56.1 Å².